The molecule has 0 aromatic heterocycles. The third-order valence-electron chi connectivity index (χ3n) is 3.70. The van der Waals surface area contributed by atoms with E-state index in [0.29, 0.717) is 5.69 Å². The Hall–Kier alpha value is -1.47. The predicted octanol–water partition coefficient (Wildman–Crippen LogP) is 2.80. The van der Waals surface area contributed by atoms with Gasteiger partial charge in [0, 0.05) is 12.7 Å². The van der Waals surface area contributed by atoms with E-state index in [1.54, 1.807) is 7.05 Å². The summed E-state index contributed by atoms with van der Waals surface area (Å²) in [5.74, 6) is -1.28. The minimum atomic E-state index is -2.76. The molecule has 1 aromatic carbocycles. The van der Waals surface area contributed by atoms with Crippen molar-refractivity contribution in [3.63, 3.8) is 0 Å². The van der Waals surface area contributed by atoms with E-state index in [0.717, 1.165) is 0 Å². The van der Waals surface area contributed by atoms with Crippen molar-refractivity contribution in [1.82, 2.24) is 0 Å². The average Bonchev–Trinajstić information content (AvgIpc) is 2.56. The van der Waals surface area contributed by atoms with Gasteiger partial charge in [-0.1, -0.05) is 12.1 Å². The van der Waals surface area contributed by atoms with Gasteiger partial charge in [0.05, 0.1) is 12.0 Å². The van der Waals surface area contributed by atoms with Gasteiger partial charge in [0.1, 0.15) is 20.0 Å². The Morgan fingerprint density at radius 3 is 2.00 bits per heavy atom. The van der Waals surface area contributed by atoms with E-state index in [1.165, 1.54) is 31.2 Å². The molecule has 0 radical (unpaired) electrons. The van der Waals surface area contributed by atoms with Gasteiger partial charge in [0.2, 0.25) is 5.60 Å². The van der Waals surface area contributed by atoms with Crippen molar-refractivity contribution < 1.29 is 27.8 Å². The van der Waals surface area contributed by atoms with Gasteiger partial charge in [-0.05, 0) is 24.6 Å². The summed E-state index contributed by atoms with van der Waals surface area (Å²) in [6, 6.07) is 5.61. The highest BCUT2D eigenvalue weighted by atomic mass is 35.5. The normalized spacial score (nSPS) is 13.7. The summed E-state index contributed by atoms with van der Waals surface area (Å²) in [5, 5.41) is 13.6. The smallest absolute Gasteiger partial charge is 0.343 e. The topological polar surface area (TPSA) is 58.6 Å². The number of rotatable bonds is 8. The maximum absolute atomic E-state index is 13.4. The van der Waals surface area contributed by atoms with E-state index in [4.69, 9.17) is 4.74 Å². The molecule has 0 heterocycles. The van der Waals surface area contributed by atoms with Crippen molar-refractivity contribution in [2.45, 2.75) is 12.5 Å². The first-order chi connectivity index (χ1) is 10.5. The van der Waals surface area contributed by atoms with Crippen LogP contribution < -0.4 is 5.32 Å². The molecule has 1 rings (SSSR count). The van der Waals surface area contributed by atoms with E-state index in [1.807, 2.05) is 0 Å². The molecule has 0 bridgehead atoms. The molecule has 0 spiro atoms. The second-order valence-electron chi connectivity index (χ2n) is 4.94. The second kappa shape index (κ2) is 8.98. The Kier molecular flexibility index (Phi) is 8.41. The number of ether oxygens (including phenoxy) is 1. The number of anilines is 1. The third kappa shape index (κ3) is 3.72. The van der Waals surface area contributed by atoms with Crippen molar-refractivity contribution >= 4 is 24.1 Å². The fourth-order valence-electron chi connectivity index (χ4n) is 2.15. The maximum atomic E-state index is 13.4. The molecule has 8 heteroatoms. The van der Waals surface area contributed by atoms with Gasteiger partial charge in [-0.2, -0.15) is 0 Å². The molecule has 0 saturated carbocycles. The highest BCUT2D eigenvalue weighted by Crippen LogP contribution is 2.43. The van der Waals surface area contributed by atoms with Crippen LogP contribution in [0.5, 0.6) is 0 Å². The number of alkyl halides is 3. The zero-order valence-corrected chi connectivity index (χ0v) is 13.8. The molecular weight excluding hydrogens is 335 g/mol. The monoisotopic (exact) mass is 355 g/mol. The lowest BCUT2D eigenvalue weighted by Crippen LogP contribution is -2.56. The average molecular weight is 356 g/mol. The first-order valence-electron chi connectivity index (χ1n) is 6.81. The number of benzene rings is 1. The minimum Gasteiger partial charge on any atom is -0.464 e. The lowest BCUT2D eigenvalue weighted by atomic mass is 9.70. The van der Waals surface area contributed by atoms with Gasteiger partial charge in [-0.15, -0.1) is 12.4 Å². The summed E-state index contributed by atoms with van der Waals surface area (Å²) in [5.41, 5.74) is -4.77. The number of hydrogen-bond donors (Lipinski definition) is 2. The molecule has 0 amide bonds. The highest BCUT2D eigenvalue weighted by Gasteiger charge is 2.59. The molecule has 1 aromatic rings. The van der Waals surface area contributed by atoms with Gasteiger partial charge in [-0.25, -0.2) is 4.79 Å². The van der Waals surface area contributed by atoms with Crippen LogP contribution in [0.15, 0.2) is 24.3 Å². The van der Waals surface area contributed by atoms with Crippen molar-refractivity contribution in [2.24, 2.45) is 5.41 Å². The van der Waals surface area contributed by atoms with E-state index in [9.17, 15) is 23.1 Å². The van der Waals surface area contributed by atoms with Crippen molar-refractivity contribution in [2.75, 3.05) is 39.0 Å². The summed E-state index contributed by atoms with van der Waals surface area (Å²) in [7, 11) is 1.65. The van der Waals surface area contributed by atoms with Crippen molar-refractivity contribution in [1.29, 1.82) is 0 Å². The van der Waals surface area contributed by atoms with Crippen LogP contribution in [0.1, 0.15) is 12.5 Å². The van der Waals surface area contributed by atoms with Gasteiger partial charge in [-0.3, -0.25) is 13.2 Å². The Labute approximate surface area is 139 Å². The summed E-state index contributed by atoms with van der Waals surface area (Å²) in [6.45, 7) is -3.30. The Balaban J connectivity index is 0.00000484. The fraction of sp³-hybridized carbons (Fsp3) is 0.533. The zero-order valence-electron chi connectivity index (χ0n) is 12.9. The standard InChI is InChI=1S/C15H20F3NO3.ClH/c1-3-22-13(20)15(21,14(8-16,9-17)10-18)11-4-6-12(19-2)7-5-11;/h4-7,19,21H,3,8-10H2,1-2H3;1H. The van der Waals surface area contributed by atoms with E-state index < -0.39 is 37.0 Å². The molecule has 23 heavy (non-hydrogen) atoms. The number of carbonyl (C=O) groups excluding carboxylic acids is 1. The van der Waals surface area contributed by atoms with Crippen LogP contribution in [0.2, 0.25) is 0 Å². The fourth-order valence-corrected chi connectivity index (χ4v) is 2.15. The van der Waals surface area contributed by atoms with Crippen LogP contribution in [0.4, 0.5) is 18.9 Å². The first-order valence-corrected chi connectivity index (χ1v) is 6.81. The van der Waals surface area contributed by atoms with Crippen LogP contribution in [0.25, 0.3) is 0 Å². The van der Waals surface area contributed by atoms with E-state index >= 15 is 0 Å². The Morgan fingerprint density at radius 2 is 1.65 bits per heavy atom. The Morgan fingerprint density at radius 1 is 1.17 bits per heavy atom. The number of halogens is 4. The van der Waals surface area contributed by atoms with Crippen LogP contribution in [0, 0.1) is 5.41 Å². The number of esters is 1. The number of hydrogen-bond acceptors (Lipinski definition) is 4. The third-order valence-corrected chi connectivity index (χ3v) is 3.70. The van der Waals surface area contributed by atoms with Crippen LogP contribution in [0.3, 0.4) is 0 Å². The van der Waals surface area contributed by atoms with Crippen molar-refractivity contribution in [3.8, 4) is 0 Å². The zero-order chi connectivity index (χ0) is 16.8. The predicted molar refractivity (Wildman–Crippen MR) is 84.1 cm³/mol. The molecule has 0 fully saturated rings. The van der Waals surface area contributed by atoms with Crippen molar-refractivity contribution in [3.05, 3.63) is 29.8 Å². The van der Waals surface area contributed by atoms with Gasteiger partial charge in [0.25, 0.3) is 0 Å². The Bertz CT molecular complexity index is 489. The van der Waals surface area contributed by atoms with Crippen LogP contribution in [-0.2, 0) is 15.1 Å². The molecule has 0 aliphatic rings. The molecule has 0 aliphatic carbocycles. The van der Waals surface area contributed by atoms with Gasteiger partial charge >= 0.3 is 5.97 Å². The van der Waals surface area contributed by atoms with E-state index in [2.05, 4.69) is 5.32 Å². The molecule has 1 unspecified atom stereocenters. The SMILES string of the molecule is CCOC(=O)C(O)(c1ccc(NC)cc1)C(CF)(CF)CF.Cl. The number of aliphatic hydroxyl groups is 1. The number of nitrogens with one attached hydrogen (secondary N) is 1. The molecule has 0 aliphatic heterocycles. The maximum Gasteiger partial charge on any atom is 0.343 e. The summed E-state index contributed by atoms with van der Waals surface area (Å²) in [4.78, 5) is 12.2. The summed E-state index contributed by atoms with van der Waals surface area (Å²) < 4.78 is 44.9. The molecule has 0 saturated heterocycles. The highest BCUT2D eigenvalue weighted by molar-refractivity contribution is 5.85. The van der Waals surface area contributed by atoms with Gasteiger partial charge in [0.15, 0.2) is 0 Å². The number of carbonyl (C=O) groups is 1. The molecular formula is C15H21ClF3NO3. The molecule has 2 N–H and O–H groups in total. The quantitative estimate of drug-likeness (QED) is 0.704. The van der Waals surface area contributed by atoms with E-state index in [-0.39, 0.29) is 24.6 Å². The second-order valence-corrected chi connectivity index (χ2v) is 4.94. The lowest BCUT2D eigenvalue weighted by Gasteiger charge is -2.40. The molecule has 4 nitrogen and oxygen atoms in total. The van der Waals surface area contributed by atoms with Crippen LogP contribution >= 0.6 is 12.4 Å². The molecule has 132 valence electrons. The summed E-state index contributed by atoms with van der Waals surface area (Å²) in [6.07, 6.45) is 0. The molecule has 1 atom stereocenters. The summed E-state index contributed by atoms with van der Waals surface area (Å²) >= 11 is 0. The van der Waals surface area contributed by atoms with Crippen LogP contribution in [-0.4, -0.2) is 44.8 Å². The first kappa shape index (κ1) is 21.5. The largest absolute Gasteiger partial charge is 0.464 e. The van der Waals surface area contributed by atoms with Gasteiger partial charge < -0.3 is 15.2 Å². The lowest BCUT2D eigenvalue weighted by molar-refractivity contribution is -0.192. The minimum absolute atomic E-state index is 0.